The zero-order valence-corrected chi connectivity index (χ0v) is 13.5. The van der Waals surface area contributed by atoms with Crippen molar-refractivity contribution in [2.75, 3.05) is 33.5 Å². The van der Waals surface area contributed by atoms with Crippen molar-refractivity contribution >= 4 is 0 Å². The van der Waals surface area contributed by atoms with Crippen molar-refractivity contribution in [3.05, 3.63) is 17.0 Å². The van der Waals surface area contributed by atoms with Crippen molar-refractivity contribution in [1.82, 2.24) is 15.1 Å². The van der Waals surface area contributed by atoms with Crippen molar-refractivity contribution in [2.24, 2.45) is 5.92 Å². The molecule has 0 aromatic carbocycles. The van der Waals surface area contributed by atoms with E-state index >= 15 is 0 Å². The topological polar surface area (TPSA) is 48.3 Å². The molecule has 0 amide bonds. The zero-order chi connectivity index (χ0) is 15.0. The summed E-state index contributed by atoms with van der Waals surface area (Å²) in [6.45, 7) is 13.3. The Bertz CT molecular complexity index is 389. The summed E-state index contributed by atoms with van der Waals surface area (Å²) in [5.74, 6) is 0.667. The van der Waals surface area contributed by atoms with Gasteiger partial charge in [-0.2, -0.15) is 5.10 Å². The molecule has 0 spiro atoms. The van der Waals surface area contributed by atoms with Crippen molar-refractivity contribution in [2.45, 2.75) is 40.8 Å². The van der Waals surface area contributed by atoms with E-state index in [4.69, 9.17) is 9.47 Å². The molecule has 0 aliphatic rings. The molecule has 0 aliphatic carbocycles. The molecule has 1 rings (SSSR count). The molecular formula is C15H29N3O2. The van der Waals surface area contributed by atoms with E-state index in [1.807, 2.05) is 4.68 Å². The number of aromatic nitrogens is 2. The fourth-order valence-corrected chi connectivity index (χ4v) is 2.09. The molecule has 1 aromatic rings. The number of aryl methyl sites for hydroxylation is 1. The van der Waals surface area contributed by atoms with E-state index in [1.165, 1.54) is 11.3 Å². The number of hydrogen-bond donors (Lipinski definition) is 1. The number of hydrogen-bond acceptors (Lipinski definition) is 4. The number of nitrogens with zero attached hydrogens (tertiary/aromatic N) is 2. The molecule has 0 bridgehead atoms. The molecule has 0 atom stereocenters. The van der Waals surface area contributed by atoms with E-state index in [0.717, 1.165) is 25.3 Å². The monoisotopic (exact) mass is 283 g/mol. The summed E-state index contributed by atoms with van der Waals surface area (Å²) in [6, 6.07) is 0. The van der Waals surface area contributed by atoms with Crippen molar-refractivity contribution < 1.29 is 9.47 Å². The van der Waals surface area contributed by atoms with E-state index in [-0.39, 0.29) is 0 Å². The molecule has 0 saturated heterocycles. The van der Waals surface area contributed by atoms with E-state index in [9.17, 15) is 0 Å². The second kappa shape index (κ2) is 9.10. The minimum atomic E-state index is 0.637. The first-order valence-corrected chi connectivity index (χ1v) is 7.36. The summed E-state index contributed by atoms with van der Waals surface area (Å²) in [5.41, 5.74) is 3.65. The molecule has 1 aromatic heterocycles. The Kier molecular flexibility index (Phi) is 7.80. The van der Waals surface area contributed by atoms with Crippen LogP contribution in [0.1, 0.15) is 30.8 Å². The Morgan fingerprint density at radius 1 is 1.20 bits per heavy atom. The maximum Gasteiger partial charge on any atom is 0.0701 e. The standard InChI is InChI=1S/C15H29N3O2/c1-12(2)10-16-11-15-13(3)17-18(14(15)4)6-7-20-9-8-19-5/h12,16H,6-11H2,1-5H3. The van der Waals surface area contributed by atoms with Gasteiger partial charge in [-0.15, -0.1) is 0 Å². The molecule has 116 valence electrons. The van der Waals surface area contributed by atoms with Gasteiger partial charge in [-0.3, -0.25) is 4.68 Å². The van der Waals surface area contributed by atoms with E-state index in [0.29, 0.717) is 25.7 Å². The first kappa shape index (κ1) is 17.1. The largest absolute Gasteiger partial charge is 0.382 e. The van der Waals surface area contributed by atoms with E-state index < -0.39 is 0 Å². The fraction of sp³-hybridized carbons (Fsp3) is 0.800. The van der Waals surface area contributed by atoms with Crippen molar-refractivity contribution in [1.29, 1.82) is 0 Å². The lowest BCUT2D eigenvalue weighted by Gasteiger charge is -2.09. The lowest BCUT2D eigenvalue weighted by atomic mass is 10.2. The van der Waals surface area contributed by atoms with Crippen LogP contribution in [0.3, 0.4) is 0 Å². The normalized spacial score (nSPS) is 11.5. The summed E-state index contributed by atoms with van der Waals surface area (Å²) in [4.78, 5) is 0. The van der Waals surface area contributed by atoms with Crippen LogP contribution in [0.15, 0.2) is 0 Å². The Morgan fingerprint density at radius 3 is 2.60 bits per heavy atom. The fourth-order valence-electron chi connectivity index (χ4n) is 2.09. The average Bonchev–Trinajstić information content (AvgIpc) is 2.65. The Morgan fingerprint density at radius 2 is 1.95 bits per heavy atom. The van der Waals surface area contributed by atoms with Gasteiger partial charge in [0.2, 0.25) is 0 Å². The molecule has 5 nitrogen and oxygen atoms in total. The molecule has 20 heavy (non-hydrogen) atoms. The van der Waals surface area contributed by atoms with Crippen LogP contribution < -0.4 is 5.32 Å². The highest BCUT2D eigenvalue weighted by molar-refractivity contribution is 5.24. The van der Waals surface area contributed by atoms with Gasteiger partial charge in [0.1, 0.15) is 0 Å². The summed E-state index contributed by atoms with van der Waals surface area (Å²) >= 11 is 0. The first-order chi connectivity index (χ1) is 9.56. The first-order valence-electron chi connectivity index (χ1n) is 7.36. The molecule has 1 N–H and O–H groups in total. The van der Waals surface area contributed by atoms with Gasteiger partial charge in [0.25, 0.3) is 0 Å². The molecule has 0 fully saturated rings. The van der Waals surface area contributed by atoms with Gasteiger partial charge in [0.15, 0.2) is 0 Å². The van der Waals surface area contributed by atoms with Gasteiger partial charge in [0.05, 0.1) is 32.1 Å². The highest BCUT2D eigenvalue weighted by Gasteiger charge is 2.11. The van der Waals surface area contributed by atoms with Gasteiger partial charge in [-0.25, -0.2) is 0 Å². The maximum atomic E-state index is 5.49. The number of ether oxygens (including phenoxy) is 2. The summed E-state index contributed by atoms with van der Waals surface area (Å²) < 4.78 is 12.5. The molecule has 0 aliphatic heterocycles. The second-order valence-corrected chi connectivity index (χ2v) is 5.50. The quantitative estimate of drug-likeness (QED) is 0.666. The highest BCUT2D eigenvalue weighted by Crippen LogP contribution is 2.12. The smallest absolute Gasteiger partial charge is 0.0701 e. The van der Waals surface area contributed by atoms with Crippen LogP contribution in [0.4, 0.5) is 0 Å². The van der Waals surface area contributed by atoms with Crippen molar-refractivity contribution in [3.8, 4) is 0 Å². The number of rotatable bonds is 10. The third-order valence-corrected chi connectivity index (χ3v) is 3.26. The maximum absolute atomic E-state index is 5.49. The Labute approximate surface area is 122 Å². The summed E-state index contributed by atoms with van der Waals surface area (Å²) in [7, 11) is 1.68. The van der Waals surface area contributed by atoms with Gasteiger partial charge in [0, 0.05) is 24.9 Å². The van der Waals surface area contributed by atoms with E-state index in [2.05, 4.69) is 38.1 Å². The molecule has 5 heteroatoms. The van der Waals surface area contributed by atoms with Gasteiger partial charge in [-0.05, 0) is 26.3 Å². The second-order valence-electron chi connectivity index (χ2n) is 5.50. The molecule has 0 unspecified atom stereocenters. The molecule has 0 saturated carbocycles. The summed E-state index contributed by atoms with van der Waals surface area (Å²) in [6.07, 6.45) is 0. The third-order valence-electron chi connectivity index (χ3n) is 3.26. The van der Waals surface area contributed by atoms with Crippen LogP contribution in [-0.2, 0) is 22.6 Å². The Hall–Kier alpha value is -0.910. The van der Waals surface area contributed by atoms with Crippen LogP contribution in [0, 0.1) is 19.8 Å². The van der Waals surface area contributed by atoms with Gasteiger partial charge in [-0.1, -0.05) is 13.8 Å². The van der Waals surface area contributed by atoms with Crippen LogP contribution in [0.5, 0.6) is 0 Å². The lowest BCUT2D eigenvalue weighted by molar-refractivity contribution is 0.0651. The molecule has 1 heterocycles. The molecule has 0 radical (unpaired) electrons. The number of methoxy groups -OCH3 is 1. The van der Waals surface area contributed by atoms with Crippen molar-refractivity contribution in [3.63, 3.8) is 0 Å². The van der Waals surface area contributed by atoms with Crippen LogP contribution in [0.25, 0.3) is 0 Å². The minimum absolute atomic E-state index is 0.637. The lowest BCUT2D eigenvalue weighted by Crippen LogP contribution is -2.19. The van der Waals surface area contributed by atoms with Crippen LogP contribution in [-0.4, -0.2) is 43.3 Å². The predicted octanol–water partition coefficient (Wildman–Crippen LogP) is 1.91. The minimum Gasteiger partial charge on any atom is -0.382 e. The van der Waals surface area contributed by atoms with Gasteiger partial charge < -0.3 is 14.8 Å². The SMILES string of the molecule is COCCOCCn1nc(C)c(CNCC(C)C)c1C. The summed E-state index contributed by atoms with van der Waals surface area (Å²) in [5, 5.41) is 8.07. The molecular weight excluding hydrogens is 254 g/mol. The number of nitrogens with one attached hydrogen (secondary N) is 1. The average molecular weight is 283 g/mol. The Balaban J connectivity index is 2.44. The van der Waals surface area contributed by atoms with Crippen LogP contribution >= 0.6 is 0 Å². The highest BCUT2D eigenvalue weighted by atomic mass is 16.5. The van der Waals surface area contributed by atoms with Gasteiger partial charge >= 0.3 is 0 Å². The van der Waals surface area contributed by atoms with E-state index in [1.54, 1.807) is 7.11 Å². The van der Waals surface area contributed by atoms with Crippen LogP contribution in [0.2, 0.25) is 0 Å². The predicted molar refractivity (Wildman–Crippen MR) is 80.9 cm³/mol. The zero-order valence-electron chi connectivity index (χ0n) is 13.5. The third kappa shape index (κ3) is 5.61.